The fourth-order valence-electron chi connectivity index (χ4n) is 3.39. The molecular weight excluding hydrogens is 449 g/mol. The predicted octanol–water partition coefficient (Wildman–Crippen LogP) is 4.49. The Balaban J connectivity index is 1.51. The Labute approximate surface area is 201 Å². The maximum absolute atomic E-state index is 13.1. The normalized spacial score (nSPS) is 10.6. The fourth-order valence-corrected chi connectivity index (χ4v) is 3.39. The van der Waals surface area contributed by atoms with Crippen LogP contribution in [0.5, 0.6) is 0 Å². The first-order valence-electron chi connectivity index (χ1n) is 10.8. The molecule has 0 atom stereocenters. The van der Waals surface area contributed by atoms with Crippen molar-refractivity contribution in [2.45, 2.75) is 6.54 Å². The van der Waals surface area contributed by atoms with Crippen LogP contribution in [0.15, 0.2) is 66.7 Å². The summed E-state index contributed by atoms with van der Waals surface area (Å²) in [5.41, 5.74) is 3.04. The standard InChI is InChI=1S/C26H24FN5O3/c1-32(2)26-30-22-13-8-18(25(34)35-3)14-21(22)23(31-26)28-15-16-4-11-20(12-5-16)29-24(33)17-6-9-19(27)10-7-17/h4-14H,15H2,1-3H3,(H,29,33)(H,28,30,31). The lowest BCUT2D eigenvalue weighted by atomic mass is 10.1. The molecule has 0 fully saturated rings. The molecule has 0 saturated heterocycles. The van der Waals surface area contributed by atoms with Gasteiger partial charge in [0.25, 0.3) is 5.91 Å². The lowest BCUT2D eigenvalue weighted by Crippen LogP contribution is -2.15. The van der Waals surface area contributed by atoms with E-state index in [9.17, 15) is 14.0 Å². The maximum atomic E-state index is 13.1. The third kappa shape index (κ3) is 5.52. The zero-order chi connectivity index (χ0) is 24.9. The number of benzene rings is 3. The molecule has 0 saturated carbocycles. The van der Waals surface area contributed by atoms with Crippen molar-refractivity contribution in [3.8, 4) is 0 Å². The van der Waals surface area contributed by atoms with Crippen LogP contribution < -0.4 is 15.5 Å². The minimum atomic E-state index is -0.437. The molecule has 4 aromatic rings. The molecule has 4 rings (SSSR count). The van der Waals surface area contributed by atoms with Crippen LogP contribution in [0.2, 0.25) is 0 Å². The van der Waals surface area contributed by atoms with Crippen molar-refractivity contribution in [2.24, 2.45) is 0 Å². The van der Waals surface area contributed by atoms with Gasteiger partial charge in [0.2, 0.25) is 5.95 Å². The van der Waals surface area contributed by atoms with Crippen molar-refractivity contribution in [1.82, 2.24) is 9.97 Å². The van der Waals surface area contributed by atoms with Gasteiger partial charge in [0.05, 0.1) is 18.2 Å². The second-order valence-corrected chi connectivity index (χ2v) is 8.00. The summed E-state index contributed by atoms with van der Waals surface area (Å²) >= 11 is 0. The highest BCUT2D eigenvalue weighted by Crippen LogP contribution is 2.25. The minimum absolute atomic E-state index is 0.319. The van der Waals surface area contributed by atoms with Gasteiger partial charge in [-0.1, -0.05) is 12.1 Å². The fraction of sp³-hybridized carbons (Fsp3) is 0.154. The Hall–Kier alpha value is -4.53. The van der Waals surface area contributed by atoms with Gasteiger partial charge in [0, 0.05) is 37.3 Å². The van der Waals surface area contributed by atoms with Crippen molar-refractivity contribution in [1.29, 1.82) is 0 Å². The number of nitrogens with zero attached hydrogens (tertiary/aromatic N) is 3. The number of nitrogens with one attached hydrogen (secondary N) is 2. The van der Waals surface area contributed by atoms with Crippen LogP contribution in [0.4, 0.5) is 21.8 Å². The van der Waals surface area contributed by atoms with Gasteiger partial charge >= 0.3 is 5.97 Å². The summed E-state index contributed by atoms with van der Waals surface area (Å²) < 4.78 is 17.9. The Kier molecular flexibility index (Phi) is 6.86. The van der Waals surface area contributed by atoms with Crippen molar-refractivity contribution in [3.63, 3.8) is 0 Å². The molecule has 0 radical (unpaired) electrons. The van der Waals surface area contributed by atoms with Crippen LogP contribution >= 0.6 is 0 Å². The second kappa shape index (κ2) is 10.2. The molecule has 2 N–H and O–H groups in total. The van der Waals surface area contributed by atoms with E-state index in [1.54, 1.807) is 35.2 Å². The zero-order valence-corrected chi connectivity index (χ0v) is 19.5. The maximum Gasteiger partial charge on any atom is 0.337 e. The molecule has 3 aromatic carbocycles. The van der Waals surface area contributed by atoms with E-state index in [1.165, 1.54) is 31.4 Å². The summed E-state index contributed by atoms with van der Waals surface area (Å²) in [7, 11) is 5.04. The highest BCUT2D eigenvalue weighted by molar-refractivity contribution is 6.04. The van der Waals surface area contributed by atoms with E-state index in [1.807, 2.05) is 26.2 Å². The van der Waals surface area contributed by atoms with Gasteiger partial charge in [-0.2, -0.15) is 4.98 Å². The third-order valence-electron chi connectivity index (χ3n) is 5.28. The number of hydrogen-bond acceptors (Lipinski definition) is 7. The van der Waals surface area contributed by atoms with Crippen molar-refractivity contribution in [3.05, 3.63) is 89.2 Å². The molecule has 0 aliphatic carbocycles. The van der Waals surface area contributed by atoms with Crippen LogP contribution in [0.1, 0.15) is 26.3 Å². The highest BCUT2D eigenvalue weighted by atomic mass is 19.1. The van der Waals surface area contributed by atoms with E-state index in [0.717, 1.165) is 5.56 Å². The van der Waals surface area contributed by atoms with Gasteiger partial charge in [-0.15, -0.1) is 0 Å². The monoisotopic (exact) mass is 473 g/mol. The average molecular weight is 474 g/mol. The first-order valence-corrected chi connectivity index (χ1v) is 10.8. The minimum Gasteiger partial charge on any atom is -0.465 e. The number of esters is 1. The molecule has 8 nitrogen and oxygen atoms in total. The smallest absolute Gasteiger partial charge is 0.337 e. The van der Waals surface area contributed by atoms with E-state index in [2.05, 4.69) is 20.6 Å². The van der Waals surface area contributed by atoms with Crippen LogP contribution in [0.3, 0.4) is 0 Å². The Morgan fingerprint density at radius 2 is 1.63 bits per heavy atom. The number of rotatable bonds is 7. The van der Waals surface area contributed by atoms with Gasteiger partial charge in [-0.05, 0) is 60.2 Å². The van der Waals surface area contributed by atoms with Gasteiger partial charge < -0.3 is 20.3 Å². The largest absolute Gasteiger partial charge is 0.465 e. The van der Waals surface area contributed by atoms with Gasteiger partial charge in [0.15, 0.2) is 0 Å². The summed E-state index contributed by atoms with van der Waals surface area (Å²) in [5, 5.41) is 6.81. The molecule has 0 bridgehead atoms. The number of ether oxygens (including phenoxy) is 1. The summed E-state index contributed by atoms with van der Waals surface area (Å²) in [6.45, 7) is 0.452. The topological polar surface area (TPSA) is 96.4 Å². The number of aromatic nitrogens is 2. The van der Waals surface area contributed by atoms with Crippen LogP contribution in [0.25, 0.3) is 10.9 Å². The van der Waals surface area contributed by atoms with Gasteiger partial charge in [0.1, 0.15) is 11.6 Å². The molecule has 178 valence electrons. The summed E-state index contributed by atoms with van der Waals surface area (Å²) in [6, 6.07) is 17.8. The van der Waals surface area contributed by atoms with E-state index >= 15 is 0 Å². The number of halogens is 1. The number of methoxy groups -OCH3 is 1. The predicted molar refractivity (Wildman–Crippen MR) is 133 cm³/mol. The number of fused-ring (bicyclic) bond motifs is 1. The summed E-state index contributed by atoms with van der Waals surface area (Å²) in [6.07, 6.45) is 0. The Morgan fingerprint density at radius 3 is 2.29 bits per heavy atom. The Morgan fingerprint density at radius 1 is 0.943 bits per heavy atom. The van der Waals surface area contributed by atoms with E-state index in [0.29, 0.717) is 46.0 Å². The quantitative estimate of drug-likeness (QED) is 0.382. The molecule has 1 heterocycles. The van der Waals surface area contributed by atoms with Crippen LogP contribution in [-0.2, 0) is 11.3 Å². The Bertz CT molecular complexity index is 1370. The summed E-state index contributed by atoms with van der Waals surface area (Å²) in [5.74, 6) is -0.0364. The number of amides is 1. The highest BCUT2D eigenvalue weighted by Gasteiger charge is 2.13. The second-order valence-electron chi connectivity index (χ2n) is 8.00. The molecule has 0 aliphatic heterocycles. The molecule has 0 unspecified atom stereocenters. The van der Waals surface area contributed by atoms with Gasteiger partial charge in [-0.3, -0.25) is 4.79 Å². The van der Waals surface area contributed by atoms with Crippen LogP contribution in [-0.4, -0.2) is 43.0 Å². The lowest BCUT2D eigenvalue weighted by Gasteiger charge is -2.15. The first-order chi connectivity index (χ1) is 16.8. The van der Waals surface area contributed by atoms with Crippen LogP contribution in [0, 0.1) is 5.82 Å². The van der Waals surface area contributed by atoms with Crippen molar-refractivity contribution >= 4 is 40.2 Å². The first kappa shape index (κ1) is 23.6. The number of anilines is 3. The third-order valence-corrected chi connectivity index (χ3v) is 5.28. The van der Waals surface area contributed by atoms with Crippen molar-refractivity contribution < 1.29 is 18.7 Å². The molecule has 1 aromatic heterocycles. The average Bonchev–Trinajstić information content (AvgIpc) is 2.87. The molecule has 9 heteroatoms. The number of hydrogen-bond donors (Lipinski definition) is 2. The summed E-state index contributed by atoms with van der Waals surface area (Å²) in [4.78, 5) is 35.3. The van der Waals surface area contributed by atoms with E-state index in [4.69, 9.17) is 4.74 Å². The lowest BCUT2D eigenvalue weighted by molar-refractivity contribution is 0.0600. The van der Waals surface area contributed by atoms with Crippen molar-refractivity contribution in [2.75, 3.05) is 36.7 Å². The molecule has 0 aliphatic rings. The molecular formula is C26H24FN5O3. The van der Waals surface area contributed by atoms with E-state index in [-0.39, 0.29) is 5.91 Å². The SMILES string of the molecule is COC(=O)c1ccc2nc(N(C)C)nc(NCc3ccc(NC(=O)c4ccc(F)cc4)cc3)c2c1. The number of carbonyl (C=O) groups is 2. The van der Waals surface area contributed by atoms with Gasteiger partial charge in [-0.25, -0.2) is 14.2 Å². The zero-order valence-electron chi connectivity index (χ0n) is 19.5. The number of carbonyl (C=O) groups excluding carboxylic acids is 2. The molecule has 35 heavy (non-hydrogen) atoms. The van der Waals surface area contributed by atoms with E-state index < -0.39 is 11.8 Å². The molecule has 1 amide bonds. The molecule has 0 spiro atoms.